The highest BCUT2D eigenvalue weighted by Gasteiger charge is 2.32. The number of aromatic nitrogens is 2. The number of para-hydroxylation sites is 2. The lowest BCUT2D eigenvalue weighted by molar-refractivity contribution is 0.483. The van der Waals surface area contributed by atoms with Crippen LogP contribution in [0.25, 0.3) is 38.8 Å². The highest BCUT2D eigenvalue weighted by atomic mass is 16.5. The molecule has 5 nitrogen and oxygen atoms in total. The van der Waals surface area contributed by atoms with Gasteiger partial charge in [0.1, 0.15) is 24.0 Å². The van der Waals surface area contributed by atoms with Gasteiger partial charge >= 0.3 is 0 Å². The molecule has 0 saturated heterocycles. The van der Waals surface area contributed by atoms with Crippen LogP contribution in [0.2, 0.25) is 0 Å². The first kappa shape index (κ1) is 49.3. The van der Waals surface area contributed by atoms with Crippen molar-refractivity contribution in [2.24, 2.45) is 0 Å². The molecule has 3 heterocycles. The number of nitrogens with zero attached hydrogens (tertiary/aromatic N) is 4. The Hall–Kier alpha value is -7.89. The molecule has 1 aliphatic heterocycles. The first-order chi connectivity index (χ1) is 36.0. The lowest BCUT2D eigenvalue weighted by atomic mass is 9.78. The van der Waals surface area contributed by atoms with Crippen molar-refractivity contribution in [2.75, 3.05) is 16.5 Å². The molecule has 11 rings (SSSR count). The number of benzene rings is 8. The average Bonchev–Trinajstić information content (AvgIpc) is 3.97. The average molecular weight is 983 g/mol. The molecule has 0 bridgehead atoms. The van der Waals surface area contributed by atoms with Crippen LogP contribution in [0, 0.1) is 0 Å². The lowest BCUT2D eigenvalue weighted by Crippen LogP contribution is -2.25. The van der Waals surface area contributed by atoms with Crippen LogP contribution in [0.5, 0.6) is 11.5 Å². The Balaban J connectivity index is 1.06. The van der Waals surface area contributed by atoms with Crippen molar-refractivity contribution in [1.82, 2.24) is 9.55 Å². The third-order valence-corrected chi connectivity index (χ3v) is 16.0. The van der Waals surface area contributed by atoms with Gasteiger partial charge in [-0.15, -0.1) is 0 Å². The van der Waals surface area contributed by atoms with Crippen LogP contribution < -0.4 is 14.5 Å². The lowest BCUT2D eigenvalue weighted by Gasteiger charge is -2.28. The quantitative estimate of drug-likeness (QED) is 0.122. The molecule has 10 aromatic rings. The normalized spacial score (nSPS) is 13.1. The molecule has 0 N–H and O–H groups in total. The van der Waals surface area contributed by atoms with Gasteiger partial charge < -0.3 is 14.5 Å². The van der Waals surface area contributed by atoms with E-state index in [4.69, 9.17) is 9.72 Å². The summed E-state index contributed by atoms with van der Waals surface area (Å²) < 4.78 is 9.60. The molecular formula is C70H70N4O. The van der Waals surface area contributed by atoms with Crippen molar-refractivity contribution in [3.63, 3.8) is 0 Å². The zero-order chi connectivity index (χ0) is 52.4. The van der Waals surface area contributed by atoms with Gasteiger partial charge in [-0.05, 0) is 140 Å². The fourth-order valence-corrected chi connectivity index (χ4v) is 11.4. The topological polar surface area (TPSA) is 33.5 Å². The molecular weight excluding hydrogens is 913 g/mol. The Kier molecular flexibility index (Phi) is 12.6. The van der Waals surface area contributed by atoms with E-state index in [0.29, 0.717) is 18.5 Å². The van der Waals surface area contributed by atoms with Crippen LogP contribution in [0.4, 0.5) is 22.7 Å². The SMILES string of the molecule is CC(C)c1cccc(C(C)C)c1-c1cc(Oc2ccc3c4cc(C(C)(C)c5ccccc5)ccc4n(-c4cc(C(C)(C)C)ccn4)c3c2)cc(N2CN(c3cccc(C(C)(C)c4ccccc4)c3)c3ccccc32)c1. The maximum Gasteiger partial charge on any atom is 0.137 e. The van der Waals surface area contributed by atoms with Crippen LogP contribution in [0.15, 0.2) is 200 Å². The molecule has 0 aliphatic carbocycles. The Morgan fingerprint density at radius 3 is 1.65 bits per heavy atom. The van der Waals surface area contributed by atoms with E-state index in [-0.39, 0.29) is 16.2 Å². The highest BCUT2D eigenvalue weighted by molar-refractivity contribution is 6.10. The number of pyridine rings is 1. The highest BCUT2D eigenvalue weighted by Crippen LogP contribution is 2.49. The predicted octanol–water partition coefficient (Wildman–Crippen LogP) is 19.1. The second kappa shape index (κ2) is 19.1. The molecule has 0 fully saturated rings. The van der Waals surface area contributed by atoms with E-state index in [1.54, 1.807) is 0 Å². The summed E-state index contributed by atoms with van der Waals surface area (Å²) in [5.41, 5.74) is 17.7. The Labute approximate surface area is 445 Å². The molecule has 0 atom stereocenters. The molecule has 8 aromatic carbocycles. The monoisotopic (exact) mass is 983 g/mol. The van der Waals surface area contributed by atoms with E-state index in [1.807, 2.05) is 6.20 Å². The zero-order valence-electron chi connectivity index (χ0n) is 45.6. The predicted molar refractivity (Wildman–Crippen MR) is 317 cm³/mol. The number of fused-ring (bicyclic) bond motifs is 4. The minimum absolute atomic E-state index is 0.0554. The summed E-state index contributed by atoms with van der Waals surface area (Å²) in [7, 11) is 0. The summed E-state index contributed by atoms with van der Waals surface area (Å²) in [6, 6.07) is 71.2. The van der Waals surface area contributed by atoms with Gasteiger partial charge in [-0.3, -0.25) is 4.57 Å². The minimum atomic E-state index is -0.208. The van der Waals surface area contributed by atoms with E-state index in [0.717, 1.165) is 56.4 Å². The van der Waals surface area contributed by atoms with Gasteiger partial charge in [0.25, 0.3) is 0 Å². The third kappa shape index (κ3) is 9.07. The van der Waals surface area contributed by atoms with Gasteiger partial charge in [-0.25, -0.2) is 4.98 Å². The summed E-state index contributed by atoms with van der Waals surface area (Å²) in [6.07, 6.45) is 1.95. The van der Waals surface area contributed by atoms with Gasteiger partial charge in [0, 0.05) is 51.3 Å². The van der Waals surface area contributed by atoms with E-state index >= 15 is 0 Å². The van der Waals surface area contributed by atoms with E-state index in [2.05, 4.69) is 285 Å². The minimum Gasteiger partial charge on any atom is -0.457 e. The summed E-state index contributed by atoms with van der Waals surface area (Å²) in [4.78, 5) is 9.97. The second-order valence-electron chi connectivity index (χ2n) is 23.4. The zero-order valence-corrected chi connectivity index (χ0v) is 45.6. The van der Waals surface area contributed by atoms with Crippen molar-refractivity contribution in [3.8, 4) is 28.4 Å². The summed E-state index contributed by atoms with van der Waals surface area (Å²) in [5, 5.41) is 2.33. The van der Waals surface area contributed by atoms with Crippen molar-refractivity contribution in [3.05, 3.63) is 239 Å². The number of hydrogen-bond acceptors (Lipinski definition) is 4. The van der Waals surface area contributed by atoms with Crippen LogP contribution in [0.1, 0.15) is 127 Å². The maximum absolute atomic E-state index is 7.27. The van der Waals surface area contributed by atoms with E-state index < -0.39 is 0 Å². The summed E-state index contributed by atoms with van der Waals surface area (Å²) in [5.74, 6) is 3.05. The Bertz CT molecular complexity index is 3700. The molecule has 0 spiro atoms. The summed E-state index contributed by atoms with van der Waals surface area (Å²) >= 11 is 0. The number of anilines is 4. The molecule has 0 radical (unpaired) electrons. The number of rotatable bonds is 12. The maximum atomic E-state index is 7.27. The molecule has 376 valence electrons. The van der Waals surface area contributed by atoms with Crippen molar-refractivity contribution < 1.29 is 4.74 Å². The van der Waals surface area contributed by atoms with Crippen LogP contribution in [-0.2, 0) is 16.2 Å². The van der Waals surface area contributed by atoms with Crippen molar-refractivity contribution >= 4 is 44.6 Å². The second-order valence-corrected chi connectivity index (χ2v) is 23.4. The van der Waals surface area contributed by atoms with E-state index in [9.17, 15) is 0 Å². The van der Waals surface area contributed by atoms with Crippen LogP contribution in [0.3, 0.4) is 0 Å². The first-order valence-corrected chi connectivity index (χ1v) is 26.8. The van der Waals surface area contributed by atoms with Crippen molar-refractivity contribution in [2.45, 2.75) is 104 Å². The van der Waals surface area contributed by atoms with Crippen LogP contribution in [-0.4, -0.2) is 16.2 Å². The molecule has 2 aromatic heterocycles. The van der Waals surface area contributed by atoms with E-state index in [1.165, 1.54) is 55.6 Å². The standard InChI is InChI=1S/C70H70N4O/c1-46(2)58-28-21-29-59(47(3)4)67(58)48-38-55(73-45-72(63-30-18-19-31-64(63)73)54-27-20-26-52(40-54)69(8,9)49-22-14-12-15-23-49)43-57(39-48)75-56-33-34-60-61-41-53(70(10,11)50-24-16-13-17-25-50)32-35-62(61)74(65(60)44-56)66-42-51(36-37-71-66)68(5,6)7/h12-44,46-47H,45H2,1-11H3. The third-order valence-electron chi connectivity index (χ3n) is 16.0. The van der Waals surface area contributed by atoms with Gasteiger partial charge in [0.15, 0.2) is 0 Å². The largest absolute Gasteiger partial charge is 0.457 e. The van der Waals surface area contributed by atoms with Gasteiger partial charge in [-0.2, -0.15) is 0 Å². The fraction of sp³-hybridized carbons (Fsp3) is 0.243. The first-order valence-electron chi connectivity index (χ1n) is 26.8. The molecule has 0 unspecified atom stereocenters. The smallest absolute Gasteiger partial charge is 0.137 e. The van der Waals surface area contributed by atoms with Gasteiger partial charge in [-0.1, -0.05) is 185 Å². The van der Waals surface area contributed by atoms with Gasteiger partial charge in [0.05, 0.1) is 22.4 Å². The van der Waals surface area contributed by atoms with Crippen molar-refractivity contribution in [1.29, 1.82) is 0 Å². The van der Waals surface area contributed by atoms with Gasteiger partial charge in [0.2, 0.25) is 0 Å². The Morgan fingerprint density at radius 1 is 0.440 bits per heavy atom. The number of ether oxygens (including phenoxy) is 1. The molecule has 5 heteroatoms. The molecule has 75 heavy (non-hydrogen) atoms. The fourth-order valence-electron chi connectivity index (χ4n) is 11.4. The number of hydrogen-bond donors (Lipinski definition) is 0. The van der Waals surface area contributed by atoms with Crippen LogP contribution >= 0.6 is 0 Å². The molecule has 0 saturated carbocycles. The summed E-state index contributed by atoms with van der Waals surface area (Å²) in [6.45, 7) is 25.9. The molecule has 1 aliphatic rings. The molecule has 0 amide bonds. The Morgan fingerprint density at radius 2 is 1.03 bits per heavy atom.